The Morgan fingerprint density at radius 1 is 1.26 bits per heavy atom. The molecule has 0 radical (unpaired) electrons. The number of thiophene rings is 1. The van der Waals surface area contributed by atoms with Gasteiger partial charge in [0.2, 0.25) is 5.91 Å². The molecule has 1 amide bonds. The number of benzene rings is 1. The average Bonchev–Trinajstić information content (AvgIpc) is 3.28. The van der Waals surface area contributed by atoms with E-state index in [1.807, 2.05) is 48.7 Å². The maximum Gasteiger partial charge on any atom is 0.341 e. The smallest absolute Gasteiger partial charge is 0.341 e. The fraction of sp³-hybridized carbons (Fsp3) is 0.273. The molecule has 31 heavy (non-hydrogen) atoms. The van der Waals surface area contributed by atoms with Crippen LogP contribution in [0.5, 0.6) is 0 Å². The minimum absolute atomic E-state index is 0.127. The monoisotopic (exact) mass is 456 g/mol. The number of thioether (sulfide) groups is 1. The van der Waals surface area contributed by atoms with Crippen molar-refractivity contribution in [3.05, 3.63) is 59.0 Å². The molecule has 7 nitrogen and oxygen atoms in total. The van der Waals surface area contributed by atoms with Crippen LogP contribution in [0, 0.1) is 13.8 Å². The minimum Gasteiger partial charge on any atom is -0.462 e. The number of carbonyl (C=O) groups is 2. The van der Waals surface area contributed by atoms with E-state index in [-0.39, 0.29) is 18.3 Å². The Labute approximate surface area is 189 Å². The third kappa shape index (κ3) is 5.23. The number of hydrogen-bond acceptors (Lipinski definition) is 7. The molecule has 0 fully saturated rings. The van der Waals surface area contributed by atoms with Crippen molar-refractivity contribution in [1.82, 2.24) is 14.8 Å². The first kappa shape index (κ1) is 22.8. The number of anilines is 1. The van der Waals surface area contributed by atoms with Crippen LogP contribution < -0.4 is 5.32 Å². The molecule has 3 rings (SSSR count). The van der Waals surface area contributed by atoms with Crippen molar-refractivity contribution in [2.24, 2.45) is 0 Å². The van der Waals surface area contributed by atoms with Crippen LogP contribution in [-0.4, -0.2) is 39.0 Å². The summed E-state index contributed by atoms with van der Waals surface area (Å²) in [5.41, 5.74) is 2.19. The Morgan fingerprint density at radius 2 is 2.00 bits per heavy atom. The van der Waals surface area contributed by atoms with Gasteiger partial charge < -0.3 is 10.1 Å². The highest BCUT2D eigenvalue weighted by Crippen LogP contribution is 2.33. The van der Waals surface area contributed by atoms with Crippen molar-refractivity contribution in [3.63, 3.8) is 0 Å². The molecule has 1 N–H and O–H groups in total. The summed E-state index contributed by atoms with van der Waals surface area (Å²) in [6.45, 7) is 10.1. The molecule has 2 heterocycles. The second-order valence-corrected chi connectivity index (χ2v) is 8.78. The van der Waals surface area contributed by atoms with Crippen LogP contribution in [0.15, 0.2) is 48.1 Å². The highest BCUT2D eigenvalue weighted by molar-refractivity contribution is 7.99. The zero-order chi connectivity index (χ0) is 22.4. The van der Waals surface area contributed by atoms with Gasteiger partial charge in [-0.15, -0.1) is 28.1 Å². The zero-order valence-electron chi connectivity index (χ0n) is 17.7. The highest BCUT2D eigenvalue weighted by Gasteiger charge is 2.22. The van der Waals surface area contributed by atoms with Gasteiger partial charge in [0.15, 0.2) is 11.0 Å². The van der Waals surface area contributed by atoms with Crippen molar-refractivity contribution < 1.29 is 14.3 Å². The third-order valence-electron chi connectivity index (χ3n) is 4.51. The lowest BCUT2D eigenvalue weighted by molar-refractivity contribution is -0.113. The molecule has 0 aliphatic heterocycles. The predicted octanol–water partition coefficient (Wildman–Crippen LogP) is 4.72. The SMILES string of the molecule is C=CCn1c(SCC(=O)Nc2sc(C)c(C)c2C(=O)OCC)nnc1-c1ccccc1. The number of carbonyl (C=O) groups excluding carboxylic acids is 2. The van der Waals surface area contributed by atoms with Gasteiger partial charge in [0.1, 0.15) is 5.00 Å². The Bertz CT molecular complexity index is 1090. The van der Waals surface area contributed by atoms with E-state index in [1.165, 1.54) is 23.1 Å². The van der Waals surface area contributed by atoms with Crippen molar-refractivity contribution in [1.29, 1.82) is 0 Å². The number of esters is 1. The van der Waals surface area contributed by atoms with E-state index < -0.39 is 5.97 Å². The van der Waals surface area contributed by atoms with Gasteiger partial charge in [-0.05, 0) is 26.3 Å². The van der Waals surface area contributed by atoms with Crippen molar-refractivity contribution in [2.75, 3.05) is 17.7 Å². The Balaban J connectivity index is 1.74. The fourth-order valence-electron chi connectivity index (χ4n) is 2.95. The maximum absolute atomic E-state index is 12.6. The molecule has 0 aliphatic rings. The first-order chi connectivity index (χ1) is 15.0. The summed E-state index contributed by atoms with van der Waals surface area (Å²) < 4.78 is 7.06. The lowest BCUT2D eigenvalue weighted by Gasteiger charge is -2.09. The number of nitrogens with zero attached hydrogens (tertiary/aromatic N) is 3. The molecule has 0 aliphatic carbocycles. The molecular formula is C22H24N4O3S2. The second-order valence-electron chi connectivity index (χ2n) is 6.62. The van der Waals surface area contributed by atoms with E-state index in [2.05, 4.69) is 22.1 Å². The largest absolute Gasteiger partial charge is 0.462 e. The van der Waals surface area contributed by atoms with E-state index in [0.29, 0.717) is 22.3 Å². The Morgan fingerprint density at radius 3 is 2.68 bits per heavy atom. The van der Waals surface area contributed by atoms with Crippen LogP contribution in [0.2, 0.25) is 0 Å². The number of hydrogen-bond donors (Lipinski definition) is 1. The number of allylic oxidation sites excluding steroid dienone is 1. The molecule has 1 aromatic carbocycles. The first-order valence-electron chi connectivity index (χ1n) is 9.75. The van der Waals surface area contributed by atoms with Gasteiger partial charge in [0, 0.05) is 17.0 Å². The van der Waals surface area contributed by atoms with Crippen LogP contribution in [0.3, 0.4) is 0 Å². The molecular weight excluding hydrogens is 432 g/mol. The fourth-order valence-corrected chi connectivity index (χ4v) is 4.76. The summed E-state index contributed by atoms with van der Waals surface area (Å²) in [5, 5.41) is 12.5. The van der Waals surface area contributed by atoms with E-state index in [0.717, 1.165) is 21.8 Å². The van der Waals surface area contributed by atoms with Gasteiger partial charge in [-0.3, -0.25) is 9.36 Å². The topological polar surface area (TPSA) is 86.1 Å². The number of aromatic nitrogens is 3. The third-order valence-corrected chi connectivity index (χ3v) is 6.60. The molecule has 0 saturated heterocycles. The van der Waals surface area contributed by atoms with Crippen LogP contribution in [0.4, 0.5) is 5.00 Å². The second kappa shape index (κ2) is 10.4. The summed E-state index contributed by atoms with van der Waals surface area (Å²) in [7, 11) is 0. The number of rotatable bonds is 9. The van der Waals surface area contributed by atoms with Gasteiger partial charge >= 0.3 is 5.97 Å². The molecule has 0 atom stereocenters. The van der Waals surface area contributed by atoms with E-state index in [1.54, 1.807) is 13.0 Å². The molecule has 9 heteroatoms. The molecule has 2 aromatic heterocycles. The lowest BCUT2D eigenvalue weighted by Crippen LogP contribution is -2.17. The van der Waals surface area contributed by atoms with E-state index in [4.69, 9.17) is 4.74 Å². The van der Waals surface area contributed by atoms with Gasteiger partial charge in [0.25, 0.3) is 0 Å². The van der Waals surface area contributed by atoms with Gasteiger partial charge in [-0.2, -0.15) is 0 Å². The average molecular weight is 457 g/mol. The summed E-state index contributed by atoms with van der Waals surface area (Å²) in [4.78, 5) is 25.9. The molecule has 0 bridgehead atoms. The lowest BCUT2D eigenvalue weighted by atomic mass is 10.1. The van der Waals surface area contributed by atoms with Crippen LogP contribution in [0.25, 0.3) is 11.4 Å². The highest BCUT2D eigenvalue weighted by atomic mass is 32.2. The van der Waals surface area contributed by atoms with Crippen LogP contribution in [0.1, 0.15) is 27.7 Å². The predicted molar refractivity (Wildman–Crippen MR) is 125 cm³/mol. The van der Waals surface area contributed by atoms with Gasteiger partial charge in [0.05, 0.1) is 17.9 Å². The summed E-state index contributed by atoms with van der Waals surface area (Å²) >= 11 is 2.65. The number of amides is 1. The Kier molecular flexibility index (Phi) is 7.64. The Hall–Kier alpha value is -2.91. The molecule has 162 valence electrons. The summed E-state index contributed by atoms with van der Waals surface area (Å²) in [6, 6.07) is 9.74. The number of nitrogens with one attached hydrogen (secondary N) is 1. The van der Waals surface area contributed by atoms with E-state index in [9.17, 15) is 9.59 Å². The summed E-state index contributed by atoms with van der Waals surface area (Å²) in [6.07, 6.45) is 1.77. The molecule has 0 spiro atoms. The van der Waals surface area contributed by atoms with Crippen molar-refractivity contribution >= 4 is 40.0 Å². The zero-order valence-corrected chi connectivity index (χ0v) is 19.3. The van der Waals surface area contributed by atoms with Crippen LogP contribution in [-0.2, 0) is 16.1 Å². The van der Waals surface area contributed by atoms with Crippen molar-refractivity contribution in [3.8, 4) is 11.4 Å². The normalized spacial score (nSPS) is 10.7. The molecule has 3 aromatic rings. The number of ether oxygens (including phenoxy) is 1. The first-order valence-corrected chi connectivity index (χ1v) is 11.6. The van der Waals surface area contributed by atoms with Crippen LogP contribution >= 0.6 is 23.1 Å². The quantitative estimate of drug-likeness (QED) is 0.285. The molecule has 0 saturated carbocycles. The van der Waals surface area contributed by atoms with Gasteiger partial charge in [-0.1, -0.05) is 48.2 Å². The maximum atomic E-state index is 12.6. The van der Waals surface area contributed by atoms with Crippen molar-refractivity contribution in [2.45, 2.75) is 32.5 Å². The van der Waals surface area contributed by atoms with E-state index >= 15 is 0 Å². The minimum atomic E-state index is -0.425. The standard InChI is InChI=1S/C22H24N4O3S2/c1-5-12-26-19(16-10-8-7-9-11-16)24-25-22(26)30-13-17(27)23-20-18(21(28)29-6-2)14(3)15(4)31-20/h5,7-11H,1,6,12-13H2,2-4H3,(H,23,27). The number of aryl methyl sites for hydroxylation is 1. The van der Waals surface area contributed by atoms with Gasteiger partial charge in [-0.25, -0.2) is 4.79 Å². The summed E-state index contributed by atoms with van der Waals surface area (Å²) in [5.74, 6) is 0.191. The molecule has 0 unspecified atom stereocenters.